The van der Waals surface area contributed by atoms with E-state index in [0.717, 1.165) is 55.6 Å². The molecule has 0 amide bonds. The van der Waals surface area contributed by atoms with Crippen molar-refractivity contribution in [2.75, 3.05) is 14.2 Å². The summed E-state index contributed by atoms with van der Waals surface area (Å²) < 4.78 is 61.7. The third kappa shape index (κ3) is 7.13. The zero-order valence-electron chi connectivity index (χ0n) is 46.7. The zero-order valence-corrected chi connectivity index (χ0v) is 48.7. The molecule has 8 nitrogen and oxygen atoms in total. The van der Waals surface area contributed by atoms with Crippen molar-refractivity contribution >= 4 is 15.9 Å². The molecule has 410 valence electrons. The predicted octanol–water partition coefficient (Wildman–Crippen LogP) is 17.5. The van der Waals surface area contributed by atoms with Crippen molar-refractivity contribution in [3.63, 3.8) is 0 Å². The van der Waals surface area contributed by atoms with E-state index < -0.39 is 48.6 Å². The standard InChI is InChI=1S/C72H64O8P2/c1-67(2)63-49-59(73-5)47-61(65(63)75-81(67)77-69(51-31-15-7-16-32-51,52-33-17-8-18-34-52)70(78-81,53-35-19-9-20-36-53)54-37-21-10-22-38-54)62-48-60(74-6)50-64-66(62)76-82(68(64,3)4)79-71(55-39-23-11-24-40-55,56-41-25-12-26-42-56)72(80-82,57-43-27-13-28-44-57)58-45-29-14-30-46-58/h7-50,81-82H,1-6H3. The minimum atomic E-state index is -4.17. The molecule has 0 bridgehead atoms. The number of benzene rings is 10. The number of fused-ring (bicyclic) bond motifs is 2. The van der Waals surface area contributed by atoms with E-state index in [0.29, 0.717) is 34.1 Å². The maximum absolute atomic E-state index is 8.28. The predicted molar refractivity (Wildman–Crippen MR) is 328 cm³/mol. The van der Waals surface area contributed by atoms with Gasteiger partial charge >= 0.3 is 484 Å². The van der Waals surface area contributed by atoms with Gasteiger partial charge in [0, 0.05) is 0 Å². The van der Waals surface area contributed by atoms with Crippen LogP contribution in [0.25, 0.3) is 11.1 Å². The number of hydrogen-bond acceptors (Lipinski definition) is 8. The van der Waals surface area contributed by atoms with Gasteiger partial charge in [-0.3, -0.25) is 0 Å². The molecule has 0 atom stereocenters. The van der Waals surface area contributed by atoms with Crippen LogP contribution in [-0.2, 0) is 50.8 Å². The SMILES string of the molecule is COc1cc(-c2cc(OC)cc3c2O[PH]2(OC(c4ccccc4)(c4ccccc4)C(c4ccccc4)(c4ccccc4)O2)C3(C)C)c2c(c1)C(C)(C)[PH]1(O2)OC(c2ccccc2)(c2ccccc2)C(c2ccccc2)(c2ccccc2)O1. The number of methoxy groups -OCH3 is 2. The van der Waals surface area contributed by atoms with Crippen LogP contribution in [0.3, 0.4) is 0 Å². The molecule has 10 aromatic rings. The molecule has 2 fully saturated rings. The molecule has 4 aliphatic heterocycles. The first-order valence-corrected chi connectivity index (χ1v) is 31.5. The first-order chi connectivity index (χ1) is 39.9. The molecule has 2 spiro atoms. The summed E-state index contributed by atoms with van der Waals surface area (Å²) in [4.78, 5) is 0. The van der Waals surface area contributed by atoms with E-state index in [2.05, 4.69) is 234 Å². The van der Waals surface area contributed by atoms with E-state index >= 15 is 0 Å². The summed E-state index contributed by atoms with van der Waals surface area (Å²) in [7, 11) is -4.93. The van der Waals surface area contributed by atoms with Gasteiger partial charge < -0.3 is 0 Å². The first kappa shape index (κ1) is 52.2. The van der Waals surface area contributed by atoms with Gasteiger partial charge in [-0.15, -0.1) is 0 Å². The Bertz CT molecular complexity index is 3360. The molecule has 0 unspecified atom stereocenters. The van der Waals surface area contributed by atoms with Gasteiger partial charge in [-0.1, -0.05) is 0 Å². The van der Waals surface area contributed by atoms with E-state index in [1.807, 2.05) is 60.7 Å². The third-order valence-electron chi connectivity index (χ3n) is 17.8. The molecule has 0 radical (unpaired) electrons. The normalized spacial score (nSPS) is 19.9. The van der Waals surface area contributed by atoms with Crippen LogP contribution >= 0.6 is 15.9 Å². The molecule has 14 rings (SSSR count). The molecule has 0 aromatic heterocycles. The molecule has 2 saturated heterocycles. The van der Waals surface area contributed by atoms with Crippen molar-refractivity contribution in [1.82, 2.24) is 0 Å². The van der Waals surface area contributed by atoms with Crippen LogP contribution in [0.15, 0.2) is 267 Å². The number of hydrogen-bond donors (Lipinski definition) is 0. The summed E-state index contributed by atoms with van der Waals surface area (Å²) in [6.45, 7) is 8.77. The first-order valence-electron chi connectivity index (χ1n) is 28.0. The second-order valence-corrected chi connectivity index (χ2v) is 28.7. The average molecular weight is 1120 g/mol. The van der Waals surface area contributed by atoms with Gasteiger partial charge in [0.25, 0.3) is 0 Å². The van der Waals surface area contributed by atoms with Crippen molar-refractivity contribution in [1.29, 1.82) is 0 Å². The summed E-state index contributed by atoms with van der Waals surface area (Å²) in [5.74, 6) is 2.45. The second kappa shape index (κ2) is 19.4. The van der Waals surface area contributed by atoms with Crippen molar-refractivity contribution < 1.29 is 36.6 Å². The average Bonchev–Trinajstić information content (AvgIpc) is 1.91. The second-order valence-electron chi connectivity index (χ2n) is 22.7. The van der Waals surface area contributed by atoms with Crippen LogP contribution in [0.1, 0.15) is 83.3 Å². The summed E-state index contributed by atoms with van der Waals surface area (Å²) in [6, 6.07) is 92.0. The molecule has 10 heteroatoms. The Morgan fingerprint density at radius 3 is 0.659 bits per heavy atom. The van der Waals surface area contributed by atoms with Gasteiger partial charge in [-0.2, -0.15) is 0 Å². The Morgan fingerprint density at radius 1 is 0.280 bits per heavy atom. The quantitative estimate of drug-likeness (QED) is 0.119. The van der Waals surface area contributed by atoms with Crippen LogP contribution in [0.4, 0.5) is 0 Å². The van der Waals surface area contributed by atoms with Crippen LogP contribution in [0.5, 0.6) is 23.0 Å². The van der Waals surface area contributed by atoms with Crippen LogP contribution in [-0.4, -0.2) is 14.2 Å². The Balaban J connectivity index is 1.01. The summed E-state index contributed by atoms with van der Waals surface area (Å²) in [5, 5.41) is -1.81. The Hall–Kier alpha value is -7.90. The van der Waals surface area contributed by atoms with Gasteiger partial charge in [-0.05, 0) is 0 Å². The Morgan fingerprint density at radius 2 is 0.476 bits per heavy atom. The molecule has 0 saturated carbocycles. The van der Waals surface area contributed by atoms with E-state index in [-0.39, 0.29) is 0 Å². The van der Waals surface area contributed by atoms with E-state index in [1.54, 1.807) is 14.2 Å². The zero-order chi connectivity index (χ0) is 56.0. The van der Waals surface area contributed by atoms with Gasteiger partial charge in [0.15, 0.2) is 0 Å². The Labute approximate surface area is 481 Å². The Kier molecular flexibility index (Phi) is 12.3. The summed E-state index contributed by atoms with van der Waals surface area (Å²) in [5.41, 5.74) is 5.37. The maximum atomic E-state index is 8.28. The van der Waals surface area contributed by atoms with E-state index in [4.69, 9.17) is 36.6 Å². The fourth-order valence-corrected chi connectivity index (χ4v) is 20.6. The number of ether oxygens (including phenoxy) is 2. The molecular formula is C72H64O8P2. The summed E-state index contributed by atoms with van der Waals surface area (Å²) in [6.07, 6.45) is 0. The fraction of sp³-hybridized carbons (Fsp3) is 0.167. The molecule has 4 heterocycles. The van der Waals surface area contributed by atoms with Crippen molar-refractivity contribution in [2.45, 2.75) is 60.4 Å². The van der Waals surface area contributed by atoms with Gasteiger partial charge in [0.05, 0.1) is 0 Å². The number of rotatable bonds is 11. The molecule has 4 aliphatic rings. The van der Waals surface area contributed by atoms with Crippen LogP contribution < -0.4 is 18.5 Å². The van der Waals surface area contributed by atoms with Crippen molar-refractivity contribution in [2.24, 2.45) is 0 Å². The molecule has 10 aromatic carbocycles. The van der Waals surface area contributed by atoms with Crippen LogP contribution in [0, 0.1) is 0 Å². The molecule has 0 aliphatic carbocycles. The monoisotopic (exact) mass is 1120 g/mol. The van der Waals surface area contributed by atoms with Crippen LogP contribution in [0.2, 0.25) is 0 Å². The van der Waals surface area contributed by atoms with Gasteiger partial charge in [0.1, 0.15) is 0 Å². The molecular weight excluding hydrogens is 1050 g/mol. The summed E-state index contributed by atoms with van der Waals surface area (Å²) >= 11 is 0. The molecule has 0 N–H and O–H groups in total. The topological polar surface area (TPSA) is 73.8 Å². The van der Waals surface area contributed by atoms with Crippen molar-refractivity contribution in [3.05, 3.63) is 323 Å². The van der Waals surface area contributed by atoms with E-state index in [9.17, 15) is 0 Å². The van der Waals surface area contributed by atoms with E-state index in [1.165, 1.54) is 0 Å². The fourth-order valence-electron chi connectivity index (χ4n) is 13.7. The third-order valence-corrected chi connectivity index (χ3v) is 24.7. The van der Waals surface area contributed by atoms with Gasteiger partial charge in [-0.25, -0.2) is 0 Å². The van der Waals surface area contributed by atoms with Crippen molar-refractivity contribution in [3.8, 4) is 34.1 Å². The van der Waals surface area contributed by atoms with Gasteiger partial charge in [0.2, 0.25) is 0 Å². The minimum absolute atomic E-state index is 0.600. The molecule has 82 heavy (non-hydrogen) atoms.